The van der Waals surface area contributed by atoms with E-state index in [1.807, 2.05) is 37.3 Å². The van der Waals surface area contributed by atoms with Crippen molar-refractivity contribution in [1.82, 2.24) is 15.0 Å². The maximum Gasteiger partial charge on any atom is 0.259 e. The van der Waals surface area contributed by atoms with Crippen LogP contribution in [0.15, 0.2) is 36.4 Å². The Morgan fingerprint density at radius 1 is 1.25 bits per heavy atom. The van der Waals surface area contributed by atoms with E-state index in [0.717, 1.165) is 27.3 Å². The van der Waals surface area contributed by atoms with E-state index in [-0.39, 0.29) is 5.91 Å². The molecule has 0 fully saturated rings. The highest BCUT2D eigenvalue weighted by Gasteiger charge is 2.15. The van der Waals surface area contributed by atoms with Crippen LogP contribution in [0.4, 0.5) is 5.13 Å². The standard InChI is InChI=1S/C17H14N4O2S/c1-9-18-13-5-3-4-11(15(13)19-9)16(22)21-17-20-12-7-6-10(23-2)8-14(12)24-17/h3-8H,1-2H3,(H,18,19)(H,20,21,22). The average Bonchev–Trinajstić information content (AvgIpc) is 3.14. The van der Waals surface area contributed by atoms with Crippen molar-refractivity contribution in [2.75, 3.05) is 12.4 Å². The van der Waals surface area contributed by atoms with Crippen molar-refractivity contribution in [2.24, 2.45) is 0 Å². The number of amides is 1. The quantitative estimate of drug-likeness (QED) is 0.596. The molecular formula is C17H14N4O2S. The van der Waals surface area contributed by atoms with Gasteiger partial charge in [0.25, 0.3) is 5.91 Å². The Hall–Kier alpha value is -2.93. The Balaban J connectivity index is 1.68. The summed E-state index contributed by atoms with van der Waals surface area (Å²) in [5, 5.41) is 3.41. The van der Waals surface area contributed by atoms with Crippen LogP contribution >= 0.6 is 11.3 Å². The zero-order valence-electron chi connectivity index (χ0n) is 13.1. The molecule has 1 amide bonds. The van der Waals surface area contributed by atoms with Gasteiger partial charge in [-0.3, -0.25) is 10.1 Å². The van der Waals surface area contributed by atoms with Gasteiger partial charge in [0.1, 0.15) is 17.1 Å². The highest BCUT2D eigenvalue weighted by Crippen LogP contribution is 2.29. The molecule has 0 spiro atoms. The Morgan fingerprint density at radius 3 is 2.96 bits per heavy atom. The van der Waals surface area contributed by atoms with E-state index in [2.05, 4.69) is 20.3 Å². The number of H-pyrrole nitrogens is 1. The zero-order valence-corrected chi connectivity index (χ0v) is 13.9. The predicted molar refractivity (Wildman–Crippen MR) is 95.0 cm³/mol. The van der Waals surface area contributed by atoms with Crippen LogP contribution in [0.25, 0.3) is 21.3 Å². The number of carbonyl (C=O) groups is 1. The van der Waals surface area contributed by atoms with Crippen molar-refractivity contribution >= 4 is 43.6 Å². The molecule has 7 heteroatoms. The molecule has 0 aliphatic rings. The van der Waals surface area contributed by atoms with Crippen LogP contribution in [0.2, 0.25) is 0 Å². The first-order valence-corrected chi connectivity index (χ1v) is 8.17. The van der Waals surface area contributed by atoms with Crippen molar-refractivity contribution in [3.63, 3.8) is 0 Å². The summed E-state index contributed by atoms with van der Waals surface area (Å²) in [6, 6.07) is 11.1. The van der Waals surface area contributed by atoms with Gasteiger partial charge in [0.15, 0.2) is 5.13 Å². The molecule has 0 aliphatic heterocycles. The molecule has 0 aliphatic carbocycles. The van der Waals surface area contributed by atoms with Crippen molar-refractivity contribution in [3.8, 4) is 5.75 Å². The number of aromatic nitrogens is 3. The number of fused-ring (bicyclic) bond motifs is 2. The number of aryl methyl sites for hydroxylation is 1. The molecule has 4 aromatic rings. The lowest BCUT2D eigenvalue weighted by Crippen LogP contribution is -2.12. The molecule has 0 saturated heterocycles. The van der Waals surface area contributed by atoms with Gasteiger partial charge in [0, 0.05) is 0 Å². The fourth-order valence-corrected chi connectivity index (χ4v) is 3.48. The highest BCUT2D eigenvalue weighted by molar-refractivity contribution is 7.22. The molecule has 0 atom stereocenters. The summed E-state index contributed by atoms with van der Waals surface area (Å²) in [7, 11) is 1.62. The third kappa shape index (κ3) is 2.48. The molecule has 0 radical (unpaired) electrons. The lowest BCUT2D eigenvalue weighted by Gasteiger charge is -2.02. The number of aromatic amines is 1. The Bertz CT molecular complexity index is 1070. The number of carbonyl (C=O) groups excluding carboxylic acids is 1. The molecule has 6 nitrogen and oxygen atoms in total. The van der Waals surface area contributed by atoms with Gasteiger partial charge in [0.2, 0.25) is 0 Å². The van der Waals surface area contributed by atoms with Crippen LogP contribution in [0.1, 0.15) is 16.2 Å². The summed E-state index contributed by atoms with van der Waals surface area (Å²) in [6.45, 7) is 1.86. The molecule has 0 saturated carbocycles. The minimum atomic E-state index is -0.224. The second-order valence-corrected chi connectivity index (χ2v) is 6.36. The maximum absolute atomic E-state index is 12.6. The molecule has 24 heavy (non-hydrogen) atoms. The average molecular weight is 338 g/mol. The fraction of sp³-hybridized carbons (Fsp3) is 0.118. The minimum Gasteiger partial charge on any atom is -0.497 e. The number of hydrogen-bond acceptors (Lipinski definition) is 5. The number of ether oxygens (including phenoxy) is 1. The fourth-order valence-electron chi connectivity index (χ4n) is 2.59. The number of para-hydroxylation sites is 1. The molecule has 120 valence electrons. The summed E-state index contributed by atoms with van der Waals surface area (Å²) in [4.78, 5) is 24.6. The van der Waals surface area contributed by atoms with E-state index in [9.17, 15) is 4.79 Å². The van der Waals surface area contributed by atoms with Gasteiger partial charge < -0.3 is 9.72 Å². The zero-order chi connectivity index (χ0) is 16.7. The molecule has 2 heterocycles. The molecule has 2 N–H and O–H groups in total. The van der Waals surface area contributed by atoms with Crippen molar-refractivity contribution in [1.29, 1.82) is 0 Å². The van der Waals surface area contributed by atoms with E-state index in [1.165, 1.54) is 11.3 Å². The van der Waals surface area contributed by atoms with Gasteiger partial charge in [-0.05, 0) is 37.3 Å². The molecule has 2 aromatic heterocycles. The van der Waals surface area contributed by atoms with E-state index < -0.39 is 0 Å². The van der Waals surface area contributed by atoms with Crippen LogP contribution in [0.5, 0.6) is 5.75 Å². The second-order valence-electron chi connectivity index (χ2n) is 5.33. The van der Waals surface area contributed by atoms with Gasteiger partial charge in [-0.2, -0.15) is 0 Å². The van der Waals surface area contributed by atoms with Gasteiger partial charge in [-0.25, -0.2) is 9.97 Å². The van der Waals surface area contributed by atoms with Gasteiger partial charge >= 0.3 is 0 Å². The molecule has 0 bridgehead atoms. The number of nitrogens with one attached hydrogen (secondary N) is 2. The van der Waals surface area contributed by atoms with Gasteiger partial charge in [-0.15, -0.1) is 0 Å². The molecule has 2 aromatic carbocycles. The van der Waals surface area contributed by atoms with Crippen molar-refractivity contribution in [3.05, 3.63) is 47.8 Å². The molecule has 4 rings (SSSR count). The lowest BCUT2D eigenvalue weighted by atomic mass is 10.2. The largest absolute Gasteiger partial charge is 0.497 e. The lowest BCUT2D eigenvalue weighted by molar-refractivity contribution is 0.102. The normalized spacial score (nSPS) is 11.1. The topological polar surface area (TPSA) is 79.9 Å². The summed E-state index contributed by atoms with van der Waals surface area (Å²) in [5.74, 6) is 1.32. The predicted octanol–water partition coefficient (Wildman–Crippen LogP) is 3.74. The van der Waals surface area contributed by atoms with E-state index in [1.54, 1.807) is 13.2 Å². The number of rotatable bonds is 3. The Labute approximate surface area is 141 Å². The first-order chi connectivity index (χ1) is 11.6. The molecular weight excluding hydrogens is 324 g/mol. The third-order valence-electron chi connectivity index (χ3n) is 3.69. The first-order valence-electron chi connectivity index (χ1n) is 7.35. The van der Waals surface area contributed by atoms with Crippen LogP contribution in [0.3, 0.4) is 0 Å². The summed E-state index contributed by atoms with van der Waals surface area (Å²) >= 11 is 1.41. The highest BCUT2D eigenvalue weighted by atomic mass is 32.1. The monoisotopic (exact) mass is 338 g/mol. The number of benzene rings is 2. The van der Waals surface area contributed by atoms with Gasteiger partial charge in [0.05, 0.1) is 28.4 Å². The Kier molecular flexibility index (Phi) is 3.42. The van der Waals surface area contributed by atoms with E-state index in [0.29, 0.717) is 16.2 Å². The third-order valence-corrected chi connectivity index (χ3v) is 4.63. The van der Waals surface area contributed by atoms with Crippen LogP contribution in [0, 0.1) is 6.92 Å². The summed E-state index contributed by atoms with van der Waals surface area (Å²) < 4.78 is 6.17. The van der Waals surface area contributed by atoms with Crippen LogP contribution in [-0.2, 0) is 0 Å². The Morgan fingerprint density at radius 2 is 2.12 bits per heavy atom. The SMILES string of the molecule is COc1ccc2nc(NC(=O)c3cccc4[nH]c(C)nc34)sc2c1. The summed E-state index contributed by atoms with van der Waals surface area (Å²) in [6.07, 6.45) is 0. The minimum absolute atomic E-state index is 0.224. The van der Waals surface area contributed by atoms with E-state index in [4.69, 9.17) is 4.74 Å². The number of imidazole rings is 1. The summed E-state index contributed by atoms with van der Waals surface area (Å²) in [5.41, 5.74) is 2.85. The maximum atomic E-state index is 12.6. The van der Waals surface area contributed by atoms with Crippen molar-refractivity contribution in [2.45, 2.75) is 6.92 Å². The smallest absolute Gasteiger partial charge is 0.259 e. The number of anilines is 1. The van der Waals surface area contributed by atoms with Crippen LogP contribution in [-0.4, -0.2) is 28.0 Å². The van der Waals surface area contributed by atoms with Gasteiger partial charge in [-0.1, -0.05) is 17.4 Å². The van der Waals surface area contributed by atoms with Crippen molar-refractivity contribution < 1.29 is 9.53 Å². The number of hydrogen-bond donors (Lipinski definition) is 2. The number of methoxy groups -OCH3 is 1. The number of nitrogens with zero attached hydrogens (tertiary/aromatic N) is 2. The first kappa shape index (κ1) is 14.6. The number of thiazole rings is 1. The second kappa shape index (κ2) is 5.61. The van der Waals surface area contributed by atoms with E-state index >= 15 is 0 Å². The molecule has 0 unspecified atom stereocenters. The van der Waals surface area contributed by atoms with Crippen LogP contribution < -0.4 is 10.1 Å².